The average molecular weight is 761 g/mol. The number of esters is 1. The fourth-order valence-corrected chi connectivity index (χ4v) is 6.70. The van der Waals surface area contributed by atoms with Gasteiger partial charge in [-0.05, 0) is 108 Å². The maximum absolute atomic E-state index is 12.5. The summed E-state index contributed by atoms with van der Waals surface area (Å²) in [5.74, 6) is 3.60. The Kier molecular flexibility index (Phi) is 19.4. The normalized spacial score (nSPS) is 11.3. The van der Waals surface area contributed by atoms with Crippen LogP contribution in [0.5, 0.6) is 34.5 Å². The quantitative estimate of drug-likeness (QED) is 0.0307. The second-order valence-electron chi connectivity index (χ2n) is 14.4. The van der Waals surface area contributed by atoms with E-state index in [2.05, 4.69) is 65.0 Å². The zero-order valence-electron chi connectivity index (χ0n) is 34.8. The van der Waals surface area contributed by atoms with Gasteiger partial charge in [-0.3, -0.25) is 0 Å². The first-order chi connectivity index (χ1) is 27.0. The van der Waals surface area contributed by atoms with Gasteiger partial charge in [0.05, 0.1) is 39.6 Å². The molecule has 0 saturated carbocycles. The molecule has 0 radical (unpaired) electrons. The summed E-state index contributed by atoms with van der Waals surface area (Å²) in [5, 5.41) is 5.98. The van der Waals surface area contributed by atoms with E-state index in [1.165, 1.54) is 0 Å². The zero-order valence-corrected chi connectivity index (χ0v) is 34.8. The van der Waals surface area contributed by atoms with Gasteiger partial charge in [-0.25, -0.2) is 4.79 Å². The third-order valence-corrected chi connectivity index (χ3v) is 9.80. The average Bonchev–Trinajstić information content (AvgIpc) is 3.19. The number of carbonyl (C=O) groups excluding carboxylic acids is 1. The molecule has 0 saturated heterocycles. The molecule has 0 fully saturated rings. The van der Waals surface area contributed by atoms with Crippen LogP contribution in [0.1, 0.15) is 138 Å². The second kappa shape index (κ2) is 24.4. The molecule has 304 valence electrons. The van der Waals surface area contributed by atoms with Crippen LogP contribution in [0, 0.1) is 0 Å². The predicted octanol–water partition coefficient (Wildman–Crippen LogP) is 12.9. The van der Waals surface area contributed by atoms with E-state index in [0.29, 0.717) is 44.5 Å². The van der Waals surface area contributed by atoms with Gasteiger partial charge in [0.15, 0.2) is 41.1 Å². The Bertz CT molecular complexity index is 1700. The molecule has 8 nitrogen and oxygen atoms in total. The molecule has 55 heavy (non-hydrogen) atoms. The highest BCUT2D eigenvalue weighted by atomic mass is 16.6. The van der Waals surface area contributed by atoms with E-state index < -0.39 is 5.97 Å². The number of hydrogen-bond acceptors (Lipinski definition) is 8. The smallest absolute Gasteiger partial charge is 0.344 e. The highest BCUT2D eigenvalue weighted by Gasteiger charge is 2.21. The molecule has 8 heteroatoms. The molecule has 0 unspecified atom stereocenters. The molecule has 0 spiro atoms. The Balaban J connectivity index is 2.02. The van der Waals surface area contributed by atoms with Crippen LogP contribution >= 0.6 is 0 Å². The predicted molar refractivity (Wildman–Crippen MR) is 226 cm³/mol. The van der Waals surface area contributed by atoms with E-state index in [1.807, 2.05) is 6.07 Å². The van der Waals surface area contributed by atoms with Gasteiger partial charge in [-0.2, -0.15) is 0 Å². The SMILES string of the molecule is CCCCCOc1cc2c3cc(OCCCCC)c(OCCCCC)cc3c3cc(OCC(=O)OCC)c(OCCCCC)cc3c2cc1OCCCCC. The van der Waals surface area contributed by atoms with Gasteiger partial charge in [0.25, 0.3) is 0 Å². The van der Waals surface area contributed by atoms with Gasteiger partial charge in [0.1, 0.15) is 0 Å². The molecule has 4 rings (SSSR count). The Labute approximate surface area is 330 Å². The van der Waals surface area contributed by atoms with Crippen molar-refractivity contribution in [3.8, 4) is 34.5 Å². The Morgan fingerprint density at radius 3 is 0.818 bits per heavy atom. The summed E-state index contributed by atoms with van der Waals surface area (Å²) in [6, 6.07) is 12.6. The molecule has 0 bridgehead atoms. The van der Waals surface area contributed by atoms with Crippen molar-refractivity contribution in [1.29, 1.82) is 0 Å². The summed E-state index contributed by atoms with van der Waals surface area (Å²) in [7, 11) is 0. The van der Waals surface area contributed by atoms with E-state index in [1.54, 1.807) is 6.92 Å². The standard InChI is InChI=1S/C47H68O8/c1-7-13-18-23-50-41-28-35-36-29-42(51-24-19-14-8-2)44(53-26-21-16-10-4)31-38(36)40-33-46(55-34-47(48)49-12-6)45(54-27-22-17-11-5)32-39(40)37(35)30-43(41)52-25-20-15-9-3/h28-33H,7-27,34H2,1-6H3. The van der Waals surface area contributed by atoms with Crippen molar-refractivity contribution in [3.05, 3.63) is 36.4 Å². The van der Waals surface area contributed by atoms with Crippen LogP contribution < -0.4 is 28.4 Å². The van der Waals surface area contributed by atoms with E-state index in [0.717, 1.165) is 152 Å². The van der Waals surface area contributed by atoms with Crippen LogP contribution in [0.3, 0.4) is 0 Å². The minimum Gasteiger partial charge on any atom is -0.490 e. The first kappa shape index (κ1) is 43.7. The lowest BCUT2D eigenvalue weighted by molar-refractivity contribution is -0.145. The molecular weight excluding hydrogens is 693 g/mol. The molecular formula is C47H68O8. The van der Waals surface area contributed by atoms with Gasteiger partial charge < -0.3 is 33.2 Å². The van der Waals surface area contributed by atoms with Crippen molar-refractivity contribution < 1.29 is 38.0 Å². The monoisotopic (exact) mass is 760 g/mol. The lowest BCUT2D eigenvalue weighted by atomic mass is 9.93. The largest absolute Gasteiger partial charge is 0.490 e. The minimum atomic E-state index is -0.424. The summed E-state index contributed by atoms with van der Waals surface area (Å²) in [5.41, 5.74) is 0. The lowest BCUT2D eigenvalue weighted by Crippen LogP contribution is -2.15. The van der Waals surface area contributed by atoms with Crippen molar-refractivity contribution in [3.63, 3.8) is 0 Å². The summed E-state index contributed by atoms with van der Waals surface area (Å²) >= 11 is 0. The van der Waals surface area contributed by atoms with Crippen molar-refractivity contribution in [2.24, 2.45) is 0 Å². The fraction of sp³-hybridized carbons (Fsp3) is 0.596. The Hall–Kier alpha value is -4.07. The van der Waals surface area contributed by atoms with Crippen LogP contribution in [0.25, 0.3) is 32.3 Å². The molecule has 4 aromatic carbocycles. The lowest BCUT2D eigenvalue weighted by Gasteiger charge is -2.20. The van der Waals surface area contributed by atoms with Crippen molar-refractivity contribution in [1.82, 2.24) is 0 Å². The minimum absolute atomic E-state index is 0.216. The van der Waals surface area contributed by atoms with E-state index in [9.17, 15) is 4.79 Å². The molecule has 4 aromatic rings. The number of unbranched alkanes of at least 4 members (excludes halogenated alkanes) is 10. The van der Waals surface area contributed by atoms with Crippen LogP contribution in [0.4, 0.5) is 0 Å². The molecule has 0 heterocycles. The van der Waals surface area contributed by atoms with Gasteiger partial charge in [-0.15, -0.1) is 0 Å². The number of benzene rings is 4. The third kappa shape index (κ3) is 13.0. The molecule has 0 atom stereocenters. The first-order valence-electron chi connectivity index (χ1n) is 21.5. The molecule has 0 aromatic heterocycles. The van der Waals surface area contributed by atoms with Crippen LogP contribution in [-0.2, 0) is 9.53 Å². The number of rotatable bonds is 29. The maximum Gasteiger partial charge on any atom is 0.344 e. The molecule has 0 aliphatic carbocycles. The van der Waals surface area contributed by atoms with Crippen LogP contribution in [0.2, 0.25) is 0 Å². The number of ether oxygens (including phenoxy) is 7. The Morgan fingerprint density at radius 1 is 0.364 bits per heavy atom. The van der Waals surface area contributed by atoms with E-state index >= 15 is 0 Å². The molecule has 0 N–H and O–H groups in total. The highest BCUT2D eigenvalue weighted by molar-refractivity contribution is 6.26. The number of carbonyl (C=O) groups is 1. The molecule has 0 aliphatic heterocycles. The third-order valence-electron chi connectivity index (χ3n) is 9.80. The fourth-order valence-electron chi connectivity index (χ4n) is 6.70. The van der Waals surface area contributed by atoms with E-state index in [4.69, 9.17) is 33.2 Å². The first-order valence-corrected chi connectivity index (χ1v) is 21.5. The van der Waals surface area contributed by atoms with Crippen molar-refractivity contribution in [2.75, 3.05) is 46.2 Å². The summed E-state index contributed by atoms with van der Waals surface area (Å²) in [6.07, 6.45) is 15.8. The molecule has 0 aliphatic rings. The van der Waals surface area contributed by atoms with Gasteiger partial charge in [-0.1, -0.05) is 98.8 Å². The highest BCUT2D eigenvalue weighted by Crippen LogP contribution is 2.47. The molecule has 0 amide bonds. The van der Waals surface area contributed by atoms with Crippen LogP contribution in [-0.4, -0.2) is 52.2 Å². The van der Waals surface area contributed by atoms with E-state index in [-0.39, 0.29) is 13.2 Å². The second-order valence-corrected chi connectivity index (χ2v) is 14.4. The summed E-state index contributed by atoms with van der Waals surface area (Å²) < 4.78 is 43.8. The zero-order chi connectivity index (χ0) is 39.3. The maximum atomic E-state index is 12.5. The topological polar surface area (TPSA) is 81.7 Å². The van der Waals surface area contributed by atoms with Crippen LogP contribution in [0.15, 0.2) is 36.4 Å². The number of hydrogen-bond donors (Lipinski definition) is 0. The summed E-state index contributed by atoms with van der Waals surface area (Å²) in [6.45, 7) is 15.8. The van der Waals surface area contributed by atoms with Gasteiger partial charge >= 0.3 is 5.97 Å². The van der Waals surface area contributed by atoms with Crippen molar-refractivity contribution >= 4 is 38.3 Å². The van der Waals surface area contributed by atoms with Crippen molar-refractivity contribution in [2.45, 2.75) is 138 Å². The summed E-state index contributed by atoms with van der Waals surface area (Å²) in [4.78, 5) is 12.5. The Morgan fingerprint density at radius 2 is 0.600 bits per heavy atom. The van der Waals surface area contributed by atoms with Gasteiger partial charge in [0, 0.05) is 0 Å². The number of fused-ring (bicyclic) bond motifs is 6. The van der Waals surface area contributed by atoms with Gasteiger partial charge in [0.2, 0.25) is 0 Å².